The molecule has 0 bridgehead atoms. The van der Waals surface area contributed by atoms with Gasteiger partial charge in [0, 0.05) is 18.6 Å². The van der Waals surface area contributed by atoms with Crippen LogP contribution in [-0.4, -0.2) is 30.1 Å². The van der Waals surface area contributed by atoms with Gasteiger partial charge in [-0.25, -0.2) is 0 Å². The van der Waals surface area contributed by atoms with Crippen LogP contribution in [-0.2, 0) is 0 Å². The van der Waals surface area contributed by atoms with Gasteiger partial charge < -0.3 is 11.1 Å². The summed E-state index contributed by atoms with van der Waals surface area (Å²) in [7, 11) is 0. The molecule has 72 valence electrons. The van der Waals surface area contributed by atoms with E-state index in [9.17, 15) is 0 Å². The first kappa shape index (κ1) is 10.4. The smallest absolute Gasteiger partial charge is 0.0200 e. The molecule has 3 heteroatoms. The van der Waals surface area contributed by atoms with E-state index in [0.717, 1.165) is 12.6 Å². The molecule has 0 heterocycles. The number of rotatable bonds is 7. The van der Waals surface area contributed by atoms with E-state index in [1.807, 2.05) is 11.8 Å². The van der Waals surface area contributed by atoms with Crippen LogP contribution in [0.3, 0.4) is 0 Å². The molecule has 0 aliphatic heterocycles. The Morgan fingerprint density at radius 3 is 2.83 bits per heavy atom. The lowest BCUT2D eigenvalue weighted by molar-refractivity contribution is 0.506. The van der Waals surface area contributed by atoms with E-state index < -0.39 is 0 Å². The van der Waals surface area contributed by atoms with Gasteiger partial charge >= 0.3 is 0 Å². The van der Waals surface area contributed by atoms with Crippen molar-refractivity contribution in [1.82, 2.24) is 5.32 Å². The third kappa shape index (κ3) is 4.33. The summed E-state index contributed by atoms with van der Waals surface area (Å²) in [6.07, 6.45) is 3.94. The topological polar surface area (TPSA) is 38.0 Å². The highest BCUT2D eigenvalue weighted by molar-refractivity contribution is 7.99. The second kappa shape index (κ2) is 5.84. The summed E-state index contributed by atoms with van der Waals surface area (Å²) in [6, 6.07) is 1.36. The van der Waals surface area contributed by atoms with Gasteiger partial charge in [-0.05, 0) is 30.8 Å². The van der Waals surface area contributed by atoms with Gasteiger partial charge in [0.1, 0.15) is 0 Å². The molecule has 0 amide bonds. The van der Waals surface area contributed by atoms with Gasteiger partial charge in [0.05, 0.1) is 0 Å². The predicted octanol–water partition coefficient (Wildman–Crippen LogP) is 1.21. The van der Waals surface area contributed by atoms with E-state index in [0.29, 0.717) is 6.04 Å². The highest BCUT2D eigenvalue weighted by Gasteiger charge is 2.23. The zero-order valence-corrected chi connectivity index (χ0v) is 8.70. The third-order valence-electron chi connectivity index (χ3n) is 2.15. The Morgan fingerprint density at radius 2 is 2.33 bits per heavy atom. The summed E-state index contributed by atoms with van der Waals surface area (Å²) >= 11 is 2.00. The summed E-state index contributed by atoms with van der Waals surface area (Å²) < 4.78 is 0. The number of hydrogen-bond donors (Lipinski definition) is 2. The summed E-state index contributed by atoms with van der Waals surface area (Å²) in [4.78, 5) is 0. The fraction of sp³-hybridized carbons (Fsp3) is 1.00. The Hall–Kier alpha value is 0.270. The van der Waals surface area contributed by atoms with Crippen molar-refractivity contribution in [3.05, 3.63) is 0 Å². The first-order valence-corrected chi connectivity index (χ1v) is 6.06. The molecule has 0 saturated heterocycles. The molecule has 3 N–H and O–H groups in total. The second-order valence-electron chi connectivity index (χ2n) is 3.36. The summed E-state index contributed by atoms with van der Waals surface area (Å²) in [5.74, 6) is 2.47. The van der Waals surface area contributed by atoms with Gasteiger partial charge in [-0.2, -0.15) is 11.8 Å². The fourth-order valence-electron chi connectivity index (χ4n) is 1.22. The zero-order chi connectivity index (χ0) is 8.81. The van der Waals surface area contributed by atoms with Crippen LogP contribution in [0.2, 0.25) is 0 Å². The quantitative estimate of drug-likeness (QED) is 0.590. The van der Waals surface area contributed by atoms with Gasteiger partial charge in [-0.15, -0.1) is 0 Å². The number of nitrogens with two attached hydrogens (primary N) is 1. The number of hydrogen-bond acceptors (Lipinski definition) is 3. The lowest BCUT2D eigenvalue weighted by Gasteiger charge is -2.15. The first-order valence-electron chi connectivity index (χ1n) is 4.90. The molecule has 0 aromatic heterocycles. The zero-order valence-electron chi connectivity index (χ0n) is 7.88. The molecule has 1 fully saturated rings. The molecule has 1 aliphatic carbocycles. The Labute approximate surface area is 79.7 Å². The Kier molecular flexibility index (Phi) is 5.04. The maximum atomic E-state index is 5.66. The van der Waals surface area contributed by atoms with Crippen LogP contribution in [0.15, 0.2) is 0 Å². The molecule has 12 heavy (non-hydrogen) atoms. The SMILES string of the molecule is CCSCCC(CN)NC1CC1. The van der Waals surface area contributed by atoms with Gasteiger partial charge in [-0.3, -0.25) is 0 Å². The molecule has 0 radical (unpaired) electrons. The van der Waals surface area contributed by atoms with Gasteiger partial charge in [-0.1, -0.05) is 6.92 Å². The molecule has 1 unspecified atom stereocenters. The standard InChI is InChI=1S/C9H20N2S/c1-2-12-6-5-9(7-10)11-8-3-4-8/h8-9,11H,2-7,10H2,1H3. The van der Waals surface area contributed by atoms with Crippen molar-refractivity contribution in [3.8, 4) is 0 Å². The molecular weight excluding hydrogens is 168 g/mol. The van der Waals surface area contributed by atoms with Crippen molar-refractivity contribution < 1.29 is 0 Å². The summed E-state index contributed by atoms with van der Waals surface area (Å²) in [6.45, 7) is 3.00. The van der Waals surface area contributed by atoms with Crippen molar-refractivity contribution in [2.45, 2.75) is 38.3 Å². The van der Waals surface area contributed by atoms with Crippen molar-refractivity contribution in [3.63, 3.8) is 0 Å². The van der Waals surface area contributed by atoms with Crippen LogP contribution >= 0.6 is 11.8 Å². The number of nitrogens with one attached hydrogen (secondary N) is 1. The molecule has 1 rings (SSSR count). The molecule has 0 aromatic carbocycles. The van der Waals surface area contributed by atoms with Crippen molar-refractivity contribution in [1.29, 1.82) is 0 Å². The average molecular weight is 188 g/mol. The maximum Gasteiger partial charge on any atom is 0.0200 e. The molecule has 0 spiro atoms. The predicted molar refractivity (Wildman–Crippen MR) is 56.6 cm³/mol. The van der Waals surface area contributed by atoms with Crippen molar-refractivity contribution >= 4 is 11.8 Å². The van der Waals surface area contributed by atoms with E-state index in [1.54, 1.807) is 0 Å². The first-order chi connectivity index (χ1) is 5.86. The third-order valence-corrected chi connectivity index (χ3v) is 3.08. The molecular formula is C9H20N2S. The van der Waals surface area contributed by atoms with E-state index in [-0.39, 0.29) is 0 Å². The van der Waals surface area contributed by atoms with Gasteiger partial charge in [0.2, 0.25) is 0 Å². The molecule has 2 nitrogen and oxygen atoms in total. The fourth-order valence-corrected chi connectivity index (χ4v) is 1.96. The van der Waals surface area contributed by atoms with Gasteiger partial charge in [0.15, 0.2) is 0 Å². The minimum atomic E-state index is 0.566. The van der Waals surface area contributed by atoms with Crippen LogP contribution in [0, 0.1) is 0 Å². The number of thioether (sulfide) groups is 1. The van der Waals surface area contributed by atoms with Crippen LogP contribution in [0.5, 0.6) is 0 Å². The lowest BCUT2D eigenvalue weighted by Crippen LogP contribution is -2.37. The molecule has 1 aliphatic rings. The normalized spacial score (nSPS) is 19.5. The highest BCUT2D eigenvalue weighted by atomic mass is 32.2. The van der Waals surface area contributed by atoms with E-state index in [4.69, 9.17) is 5.73 Å². The van der Waals surface area contributed by atoms with Crippen LogP contribution < -0.4 is 11.1 Å². The van der Waals surface area contributed by atoms with Crippen LogP contribution in [0.1, 0.15) is 26.2 Å². The van der Waals surface area contributed by atoms with E-state index in [2.05, 4.69) is 12.2 Å². The Balaban J connectivity index is 1.98. The van der Waals surface area contributed by atoms with E-state index in [1.165, 1.54) is 30.8 Å². The van der Waals surface area contributed by atoms with Gasteiger partial charge in [0.25, 0.3) is 0 Å². The lowest BCUT2D eigenvalue weighted by atomic mass is 10.2. The van der Waals surface area contributed by atoms with E-state index >= 15 is 0 Å². The van der Waals surface area contributed by atoms with Crippen LogP contribution in [0.25, 0.3) is 0 Å². The maximum absolute atomic E-state index is 5.66. The van der Waals surface area contributed by atoms with Crippen molar-refractivity contribution in [2.75, 3.05) is 18.1 Å². The molecule has 1 saturated carbocycles. The van der Waals surface area contributed by atoms with Crippen molar-refractivity contribution in [2.24, 2.45) is 5.73 Å². The minimum Gasteiger partial charge on any atom is -0.329 e. The monoisotopic (exact) mass is 188 g/mol. The second-order valence-corrected chi connectivity index (χ2v) is 4.75. The summed E-state index contributed by atoms with van der Waals surface area (Å²) in [5.41, 5.74) is 5.66. The largest absolute Gasteiger partial charge is 0.329 e. The summed E-state index contributed by atoms with van der Waals surface area (Å²) in [5, 5.41) is 3.56. The molecule has 0 aromatic rings. The highest BCUT2D eigenvalue weighted by Crippen LogP contribution is 2.20. The average Bonchev–Trinajstić information content (AvgIpc) is 2.87. The Bertz CT molecular complexity index is 115. The van der Waals surface area contributed by atoms with Crippen LogP contribution in [0.4, 0.5) is 0 Å². The molecule has 1 atom stereocenters. The Morgan fingerprint density at radius 1 is 1.58 bits per heavy atom. The minimum absolute atomic E-state index is 0.566.